The Morgan fingerprint density at radius 2 is 1.95 bits per heavy atom. The molecule has 0 saturated carbocycles. The Balaban J connectivity index is 0.000000362. The Labute approximate surface area is 125 Å². The van der Waals surface area contributed by atoms with Gasteiger partial charge in [-0.15, -0.1) is 0 Å². The minimum Gasteiger partial charge on any atom is -0.370 e. The van der Waals surface area contributed by atoms with Crippen LogP contribution in [0.5, 0.6) is 0 Å². The van der Waals surface area contributed by atoms with Gasteiger partial charge in [-0.1, -0.05) is 25.4 Å². The molecule has 0 aliphatic carbocycles. The van der Waals surface area contributed by atoms with Gasteiger partial charge < -0.3 is 11.5 Å². The fourth-order valence-corrected chi connectivity index (χ4v) is 1.36. The van der Waals surface area contributed by atoms with E-state index in [4.69, 9.17) is 23.1 Å². The smallest absolute Gasteiger partial charge is 0.267 e. The zero-order valence-corrected chi connectivity index (χ0v) is 13.2. The van der Waals surface area contributed by atoms with Gasteiger partial charge in [-0.2, -0.15) is 0 Å². The third-order valence-electron chi connectivity index (χ3n) is 2.02. The number of rotatable bonds is 4. The molecule has 0 saturated heterocycles. The van der Waals surface area contributed by atoms with Gasteiger partial charge in [0.1, 0.15) is 10.8 Å². The molecule has 19 heavy (non-hydrogen) atoms. The Morgan fingerprint density at radius 1 is 1.37 bits per heavy atom. The molecule has 0 spiro atoms. The van der Waals surface area contributed by atoms with E-state index in [9.17, 15) is 9.59 Å². The number of carbonyl (C=O) groups excluding carboxylic acids is 2. The summed E-state index contributed by atoms with van der Waals surface area (Å²) >= 11 is 8.72. The van der Waals surface area contributed by atoms with Crippen molar-refractivity contribution >= 4 is 39.3 Å². The van der Waals surface area contributed by atoms with E-state index in [0.29, 0.717) is 16.8 Å². The van der Waals surface area contributed by atoms with E-state index in [-0.39, 0.29) is 16.8 Å². The molecule has 0 unspecified atom stereocenters. The van der Waals surface area contributed by atoms with Crippen molar-refractivity contribution in [2.24, 2.45) is 17.4 Å². The molecule has 4 N–H and O–H groups in total. The molecule has 0 aliphatic heterocycles. The van der Waals surface area contributed by atoms with Gasteiger partial charge in [0.2, 0.25) is 5.91 Å². The molecule has 5 nitrogen and oxygen atoms in total. The maximum Gasteiger partial charge on any atom is 0.267 e. The topological polar surface area (TPSA) is 99.1 Å². The lowest BCUT2D eigenvalue weighted by Gasteiger charge is -1.98. The molecule has 7 heteroatoms. The highest BCUT2D eigenvalue weighted by Gasteiger charge is 2.04. The minimum absolute atomic E-state index is 0.165. The highest BCUT2D eigenvalue weighted by molar-refractivity contribution is 9.10. The predicted molar refractivity (Wildman–Crippen MR) is 78.7 cm³/mol. The lowest BCUT2D eigenvalue weighted by Crippen LogP contribution is -2.12. The molecule has 1 rings (SSSR count). The molecule has 0 fully saturated rings. The first-order chi connectivity index (χ1) is 8.73. The van der Waals surface area contributed by atoms with Crippen LogP contribution >= 0.6 is 27.5 Å². The number of aromatic nitrogens is 1. The van der Waals surface area contributed by atoms with E-state index in [1.807, 2.05) is 0 Å². The summed E-state index contributed by atoms with van der Waals surface area (Å²) in [5.41, 5.74) is 10.0. The molecular weight excluding hydrogens is 334 g/mol. The first kappa shape index (κ1) is 17.9. The van der Waals surface area contributed by atoms with Gasteiger partial charge in [0, 0.05) is 6.42 Å². The van der Waals surface area contributed by atoms with Crippen LogP contribution in [-0.4, -0.2) is 16.8 Å². The first-order valence-electron chi connectivity index (χ1n) is 5.64. The average Bonchev–Trinajstić information content (AvgIpc) is 2.30. The second-order valence-corrected chi connectivity index (χ2v) is 5.44. The Morgan fingerprint density at radius 3 is 2.26 bits per heavy atom. The van der Waals surface area contributed by atoms with Crippen molar-refractivity contribution in [3.63, 3.8) is 0 Å². The SMILES string of the molecule is CC(C)CCC(N)=O.NC(=O)c1ccc(Br)c(Cl)n1. The van der Waals surface area contributed by atoms with E-state index in [1.54, 1.807) is 6.07 Å². The largest absolute Gasteiger partial charge is 0.370 e. The van der Waals surface area contributed by atoms with Crippen LogP contribution in [0, 0.1) is 5.92 Å². The summed E-state index contributed by atoms with van der Waals surface area (Å²) in [5, 5.41) is 0.237. The van der Waals surface area contributed by atoms with Gasteiger partial charge in [0.25, 0.3) is 5.91 Å². The van der Waals surface area contributed by atoms with Crippen LogP contribution < -0.4 is 11.5 Å². The minimum atomic E-state index is -0.584. The van der Waals surface area contributed by atoms with E-state index < -0.39 is 5.91 Å². The summed E-state index contributed by atoms with van der Waals surface area (Å²) in [6, 6.07) is 3.12. The Bertz CT molecular complexity index is 453. The summed E-state index contributed by atoms with van der Waals surface area (Å²) < 4.78 is 0.643. The number of nitrogens with two attached hydrogens (primary N) is 2. The lowest BCUT2D eigenvalue weighted by atomic mass is 10.1. The van der Waals surface area contributed by atoms with Gasteiger partial charge in [-0.25, -0.2) is 4.98 Å². The van der Waals surface area contributed by atoms with Crippen LogP contribution in [0.2, 0.25) is 5.15 Å². The molecule has 1 aromatic rings. The van der Waals surface area contributed by atoms with Crippen LogP contribution in [0.15, 0.2) is 16.6 Å². The van der Waals surface area contributed by atoms with E-state index in [2.05, 4.69) is 34.8 Å². The number of nitrogens with zero attached hydrogens (tertiary/aromatic N) is 1. The van der Waals surface area contributed by atoms with E-state index in [0.717, 1.165) is 6.42 Å². The Kier molecular flexibility index (Phi) is 8.34. The van der Waals surface area contributed by atoms with Crippen molar-refractivity contribution in [2.75, 3.05) is 0 Å². The monoisotopic (exact) mass is 349 g/mol. The first-order valence-corrected chi connectivity index (χ1v) is 6.81. The molecule has 2 amide bonds. The zero-order chi connectivity index (χ0) is 15.0. The number of hydrogen-bond donors (Lipinski definition) is 2. The molecule has 0 aliphatic rings. The number of carbonyl (C=O) groups is 2. The van der Waals surface area contributed by atoms with Crippen LogP contribution in [0.4, 0.5) is 0 Å². The van der Waals surface area contributed by atoms with Gasteiger partial charge in [0.15, 0.2) is 0 Å². The third kappa shape index (κ3) is 8.56. The third-order valence-corrected chi connectivity index (χ3v) is 3.18. The van der Waals surface area contributed by atoms with Crippen molar-refractivity contribution in [2.45, 2.75) is 26.7 Å². The molecule has 0 bridgehead atoms. The normalized spacial score (nSPS) is 9.74. The number of hydrogen-bond acceptors (Lipinski definition) is 3. The molecule has 0 atom stereocenters. The van der Waals surface area contributed by atoms with Crippen molar-refractivity contribution in [1.82, 2.24) is 4.98 Å². The summed E-state index contributed by atoms with van der Waals surface area (Å²) in [4.78, 5) is 24.4. The van der Waals surface area contributed by atoms with Crippen molar-refractivity contribution in [3.8, 4) is 0 Å². The van der Waals surface area contributed by atoms with Crippen LogP contribution in [0.3, 0.4) is 0 Å². The molecule has 1 aromatic heterocycles. The number of primary amides is 2. The molecule has 0 aromatic carbocycles. The highest BCUT2D eigenvalue weighted by atomic mass is 79.9. The number of amides is 2. The molecule has 1 heterocycles. The van der Waals surface area contributed by atoms with Crippen molar-refractivity contribution in [1.29, 1.82) is 0 Å². The van der Waals surface area contributed by atoms with Gasteiger partial charge >= 0.3 is 0 Å². The van der Waals surface area contributed by atoms with Gasteiger partial charge in [-0.05, 0) is 40.4 Å². The maximum atomic E-state index is 10.6. The van der Waals surface area contributed by atoms with Crippen LogP contribution in [0.1, 0.15) is 37.2 Å². The van der Waals surface area contributed by atoms with E-state index >= 15 is 0 Å². The Hall–Kier alpha value is -1.14. The van der Waals surface area contributed by atoms with Crippen molar-refractivity contribution < 1.29 is 9.59 Å². The second kappa shape index (κ2) is 8.87. The van der Waals surface area contributed by atoms with Crippen LogP contribution in [-0.2, 0) is 4.79 Å². The summed E-state index contributed by atoms with van der Waals surface area (Å²) in [5.74, 6) is -0.194. The number of pyridine rings is 1. The highest BCUT2D eigenvalue weighted by Crippen LogP contribution is 2.19. The summed E-state index contributed by atoms with van der Waals surface area (Å²) in [7, 11) is 0. The summed E-state index contributed by atoms with van der Waals surface area (Å²) in [6.45, 7) is 4.14. The van der Waals surface area contributed by atoms with Crippen LogP contribution in [0.25, 0.3) is 0 Å². The predicted octanol–water partition coefficient (Wildman–Crippen LogP) is 2.50. The van der Waals surface area contributed by atoms with Crippen molar-refractivity contribution in [3.05, 3.63) is 27.5 Å². The second-order valence-electron chi connectivity index (χ2n) is 4.23. The molecule has 106 valence electrons. The van der Waals surface area contributed by atoms with E-state index in [1.165, 1.54) is 6.07 Å². The quantitative estimate of drug-likeness (QED) is 0.816. The standard InChI is InChI=1S/C6H4BrClN2O.C6H13NO/c7-3-1-2-4(6(9)11)10-5(3)8;1-5(2)3-4-6(7)8/h1-2H,(H2,9,11);5H,3-4H2,1-2H3,(H2,7,8). The lowest BCUT2D eigenvalue weighted by molar-refractivity contribution is -0.118. The van der Waals surface area contributed by atoms with Gasteiger partial charge in [0.05, 0.1) is 4.47 Å². The fraction of sp³-hybridized carbons (Fsp3) is 0.417. The summed E-state index contributed by atoms with van der Waals surface area (Å²) in [6.07, 6.45) is 1.44. The zero-order valence-electron chi connectivity index (χ0n) is 10.8. The number of halogens is 2. The average molecular weight is 351 g/mol. The fourth-order valence-electron chi connectivity index (χ4n) is 0.985. The molecule has 0 radical (unpaired) electrons. The molecular formula is C12H17BrClN3O2. The van der Waals surface area contributed by atoms with Gasteiger partial charge in [-0.3, -0.25) is 9.59 Å². The maximum absolute atomic E-state index is 10.6.